The Labute approximate surface area is 97.1 Å². The first-order chi connectivity index (χ1) is 7.78. The molecule has 82 valence electrons. The number of hydrogen-bond donors (Lipinski definition) is 1. The van der Waals surface area contributed by atoms with Gasteiger partial charge in [-0.15, -0.1) is 0 Å². The maximum Gasteiger partial charge on any atom is 0.0384 e. The lowest BCUT2D eigenvalue weighted by atomic mass is 10.1. The molecule has 0 saturated heterocycles. The van der Waals surface area contributed by atoms with Gasteiger partial charge in [-0.2, -0.15) is 0 Å². The predicted molar refractivity (Wildman–Crippen MR) is 70.3 cm³/mol. The Bertz CT molecular complexity index is 440. The highest BCUT2D eigenvalue weighted by molar-refractivity contribution is 5.59. The van der Waals surface area contributed by atoms with Crippen molar-refractivity contribution >= 4 is 11.4 Å². The Balaban J connectivity index is 2.11. The molecule has 0 aliphatic rings. The minimum absolute atomic E-state index is 1.09. The standard InChI is InChI=1S/C15H17N/c1-3-13-6-10-15(11-7-13)16-14-8-4-12(2)5-9-14/h4-11,16H,3H2,1-2H3. The Kier molecular flexibility index (Phi) is 3.25. The monoisotopic (exact) mass is 211 g/mol. The van der Waals surface area contributed by atoms with E-state index in [1.165, 1.54) is 11.1 Å². The number of benzene rings is 2. The minimum Gasteiger partial charge on any atom is -0.356 e. The molecule has 0 radical (unpaired) electrons. The van der Waals surface area contributed by atoms with Crippen molar-refractivity contribution in [1.82, 2.24) is 0 Å². The fourth-order valence-corrected chi connectivity index (χ4v) is 1.63. The molecule has 0 heterocycles. The molecule has 0 fully saturated rings. The van der Waals surface area contributed by atoms with Crippen LogP contribution in [-0.2, 0) is 6.42 Å². The van der Waals surface area contributed by atoms with E-state index in [1.807, 2.05) is 0 Å². The summed E-state index contributed by atoms with van der Waals surface area (Å²) in [6, 6.07) is 17.0. The molecule has 0 saturated carbocycles. The third-order valence-electron chi connectivity index (χ3n) is 2.70. The Hall–Kier alpha value is -1.76. The lowest BCUT2D eigenvalue weighted by Gasteiger charge is -2.07. The van der Waals surface area contributed by atoms with E-state index in [0.717, 1.165) is 17.8 Å². The maximum absolute atomic E-state index is 3.38. The fraction of sp³-hybridized carbons (Fsp3) is 0.200. The highest BCUT2D eigenvalue weighted by Crippen LogP contribution is 2.17. The molecule has 0 spiro atoms. The molecule has 0 aromatic heterocycles. The number of anilines is 2. The summed E-state index contributed by atoms with van der Waals surface area (Å²) >= 11 is 0. The number of aryl methyl sites for hydroxylation is 2. The molecular formula is C15H17N. The van der Waals surface area contributed by atoms with Gasteiger partial charge in [0, 0.05) is 11.4 Å². The quantitative estimate of drug-likeness (QED) is 0.798. The van der Waals surface area contributed by atoms with Gasteiger partial charge in [-0.05, 0) is 43.2 Å². The highest BCUT2D eigenvalue weighted by atomic mass is 14.9. The van der Waals surface area contributed by atoms with Gasteiger partial charge in [-0.3, -0.25) is 0 Å². The van der Waals surface area contributed by atoms with E-state index in [1.54, 1.807) is 0 Å². The summed E-state index contributed by atoms with van der Waals surface area (Å²) < 4.78 is 0. The highest BCUT2D eigenvalue weighted by Gasteiger charge is 1.94. The molecule has 0 aliphatic heterocycles. The summed E-state index contributed by atoms with van der Waals surface area (Å²) in [5.74, 6) is 0. The van der Waals surface area contributed by atoms with E-state index in [4.69, 9.17) is 0 Å². The molecule has 1 heteroatoms. The first-order valence-corrected chi connectivity index (χ1v) is 5.70. The molecular weight excluding hydrogens is 194 g/mol. The van der Waals surface area contributed by atoms with Crippen LogP contribution in [0.15, 0.2) is 48.5 Å². The van der Waals surface area contributed by atoms with Gasteiger partial charge in [-0.1, -0.05) is 36.8 Å². The second-order valence-corrected chi connectivity index (χ2v) is 4.04. The van der Waals surface area contributed by atoms with Crippen molar-refractivity contribution in [3.63, 3.8) is 0 Å². The van der Waals surface area contributed by atoms with Gasteiger partial charge < -0.3 is 5.32 Å². The van der Waals surface area contributed by atoms with Gasteiger partial charge in [0.05, 0.1) is 0 Å². The summed E-state index contributed by atoms with van der Waals surface area (Å²) in [5, 5.41) is 3.38. The summed E-state index contributed by atoms with van der Waals surface area (Å²) in [6.45, 7) is 4.27. The predicted octanol–water partition coefficient (Wildman–Crippen LogP) is 4.30. The molecule has 16 heavy (non-hydrogen) atoms. The summed E-state index contributed by atoms with van der Waals surface area (Å²) in [5.41, 5.74) is 4.93. The Morgan fingerprint density at radius 1 is 0.812 bits per heavy atom. The SMILES string of the molecule is CCc1ccc(Nc2ccc(C)cc2)cc1. The van der Waals surface area contributed by atoms with E-state index in [0.29, 0.717) is 0 Å². The van der Waals surface area contributed by atoms with Crippen molar-refractivity contribution in [3.05, 3.63) is 59.7 Å². The first kappa shape index (κ1) is 10.7. The molecule has 1 nitrogen and oxygen atoms in total. The smallest absolute Gasteiger partial charge is 0.0384 e. The molecule has 0 atom stereocenters. The topological polar surface area (TPSA) is 12.0 Å². The summed E-state index contributed by atoms with van der Waals surface area (Å²) in [7, 11) is 0. The second-order valence-electron chi connectivity index (χ2n) is 4.04. The maximum atomic E-state index is 3.38. The van der Waals surface area contributed by atoms with Crippen LogP contribution in [0.3, 0.4) is 0 Å². The third kappa shape index (κ3) is 2.63. The minimum atomic E-state index is 1.09. The van der Waals surface area contributed by atoms with Gasteiger partial charge in [0.2, 0.25) is 0 Å². The molecule has 2 aromatic rings. The van der Waals surface area contributed by atoms with Crippen LogP contribution in [0.5, 0.6) is 0 Å². The van der Waals surface area contributed by atoms with Gasteiger partial charge in [-0.25, -0.2) is 0 Å². The van der Waals surface area contributed by atoms with Crippen LogP contribution in [0.2, 0.25) is 0 Å². The van der Waals surface area contributed by atoms with Crippen LogP contribution >= 0.6 is 0 Å². The third-order valence-corrected chi connectivity index (χ3v) is 2.70. The average molecular weight is 211 g/mol. The average Bonchev–Trinajstić information content (AvgIpc) is 2.33. The van der Waals surface area contributed by atoms with E-state index in [2.05, 4.69) is 67.7 Å². The zero-order valence-corrected chi connectivity index (χ0v) is 9.83. The molecule has 1 N–H and O–H groups in total. The van der Waals surface area contributed by atoms with E-state index >= 15 is 0 Å². The van der Waals surface area contributed by atoms with Gasteiger partial charge >= 0.3 is 0 Å². The fourth-order valence-electron chi connectivity index (χ4n) is 1.63. The van der Waals surface area contributed by atoms with Crippen molar-refractivity contribution in [2.24, 2.45) is 0 Å². The molecule has 0 bridgehead atoms. The lowest BCUT2D eigenvalue weighted by molar-refractivity contribution is 1.14. The van der Waals surface area contributed by atoms with Crippen molar-refractivity contribution < 1.29 is 0 Å². The molecule has 2 aromatic carbocycles. The zero-order valence-electron chi connectivity index (χ0n) is 9.83. The second kappa shape index (κ2) is 4.84. The Morgan fingerprint density at radius 3 is 1.81 bits per heavy atom. The Morgan fingerprint density at radius 2 is 1.31 bits per heavy atom. The lowest BCUT2D eigenvalue weighted by Crippen LogP contribution is -1.90. The normalized spacial score (nSPS) is 10.1. The van der Waals surface area contributed by atoms with E-state index in [-0.39, 0.29) is 0 Å². The largest absolute Gasteiger partial charge is 0.356 e. The van der Waals surface area contributed by atoms with Gasteiger partial charge in [0.25, 0.3) is 0 Å². The zero-order chi connectivity index (χ0) is 11.4. The number of rotatable bonds is 3. The first-order valence-electron chi connectivity index (χ1n) is 5.70. The van der Waals surface area contributed by atoms with E-state index < -0.39 is 0 Å². The number of nitrogens with one attached hydrogen (secondary N) is 1. The van der Waals surface area contributed by atoms with Crippen LogP contribution in [0.25, 0.3) is 0 Å². The van der Waals surface area contributed by atoms with Crippen LogP contribution in [0.1, 0.15) is 18.1 Å². The van der Waals surface area contributed by atoms with E-state index in [9.17, 15) is 0 Å². The number of hydrogen-bond acceptors (Lipinski definition) is 1. The van der Waals surface area contributed by atoms with Crippen molar-refractivity contribution in [3.8, 4) is 0 Å². The molecule has 0 aliphatic carbocycles. The van der Waals surface area contributed by atoms with Crippen LogP contribution < -0.4 is 5.32 Å². The summed E-state index contributed by atoms with van der Waals surface area (Å²) in [6.07, 6.45) is 1.09. The van der Waals surface area contributed by atoms with Crippen LogP contribution in [-0.4, -0.2) is 0 Å². The molecule has 0 amide bonds. The van der Waals surface area contributed by atoms with Crippen molar-refractivity contribution in [2.75, 3.05) is 5.32 Å². The van der Waals surface area contributed by atoms with Crippen molar-refractivity contribution in [1.29, 1.82) is 0 Å². The van der Waals surface area contributed by atoms with Gasteiger partial charge in [0.15, 0.2) is 0 Å². The van der Waals surface area contributed by atoms with Gasteiger partial charge in [0.1, 0.15) is 0 Å². The molecule has 2 rings (SSSR count). The van der Waals surface area contributed by atoms with Crippen molar-refractivity contribution in [2.45, 2.75) is 20.3 Å². The van der Waals surface area contributed by atoms with Crippen LogP contribution in [0, 0.1) is 6.92 Å². The molecule has 0 unspecified atom stereocenters. The summed E-state index contributed by atoms with van der Waals surface area (Å²) in [4.78, 5) is 0. The van der Waals surface area contributed by atoms with Crippen LogP contribution in [0.4, 0.5) is 11.4 Å².